The Balaban J connectivity index is 1.47. The van der Waals surface area contributed by atoms with E-state index in [4.69, 9.17) is 0 Å². The van der Waals surface area contributed by atoms with Gasteiger partial charge >= 0.3 is 0 Å². The minimum atomic E-state index is -0.459. The van der Waals surface area contributed by atoms with Gasteiger partial charge in [-0.15, -0.1) is 0 Å². The smallest absolute Gasteiger partial charge is 0.268 e. The summed E-state index contributed by atoms with van der Waals surface area (Å²) in [4.78, 5) is 58.5. The molecule has 6 nitrogen and oxygen atoms in total. The summed E-state index contributed by atoms with van der Waals surface area (Å²) in [6.07, 6.45) is 0. The van der Waals surface area contributed by atoms with Crippen molar-refractivity contribution in [2.75, 3.05) is 4.90 Å². The predicted molar refractivity (Wildman–Crippen MR) is 192 cm³/mol. The van der Waals surface area contributed by atoms with Gasteiger partial charge in [0.15, 0.2) is 11.6 Å². The van der Waals surface area contributed by atoms with E-state index in [1.54, 1.807) is 54.6 Å². The van der Waals surface area contributed by atoms with Crippen molar-refractivity contribution >= 4 is 50.9 Å². The molecule has 0 radical (unpaired) electrons. The van der Waals surface area contributed by atoms with Gasteiger partial charge in [-0.2, -0.15) is 0 Å². The predicted octanol–water partition coefficient (Wildman–Crippen LogP) is 8.97. The van der Waals surface area contributed by atoms with Crippen molar-refractivity contribution < 1.29 is 19.2 Å². The van der Waals surface area contributed by atoms with Crippen molar-refractivity contribution in [2.24, 2.45) is 0 Å². The summed E-state index contributed by atoms with van der Waals surface area (Å²) in [6, 6.07) is 38.2. The average Bonchev–Trinajstić information content (AvgIpc) is 3.59. The van der Waals surface area contributed by atoms with Crippen LogP contribution in [-0.4, -0.2) is 27.9 Å². The van der Waals surface area contributed by atoms with E-state index in [2.05, 4.69) is 0 Å². The van der Waals surface area contributed by atoms with E-state index in [9.17, 15) is 19.2 Å². The lowest BCUT2D eigenvalue weighted by Gasteiger charge is -2.20. The van der Waals surface area contributed by atoms with E-state index in [1.165, 1.54) is 4.90 Å². The van der Waals surface area contributed by atoms with Gasteiger partial charge in [-0.3, -0.25) is 19.2 Å². The first-order valence-corrected chi connectivity index (χ1v) is 16.1. The van der Waals surface area contributed by atoms with Crippen LogP contribution in [0.15, 0.2) is 127 Å². The monoisotopic (exact) mass is 638 g/mol. The number of fused-ring (bicyclic) bond motifs is 4. The van der Waals surface area contributed by atoms with Crippen LogP contribution in [0.3, 0.4) is 0 Å². The second-order valence-electron chi connectivity index (χ2n) is 12.5. The van der Waals surface area contributed by atoms with Gasteiger partial charge in [0.05, 0.1) is 33.5 Å². The molecule has 49 heavy (non-hydrogen) atoms. The molecule has 7 aromatic rings. The maximum absolute atomic E-state index is 14.6. The van der Waals surface area contributed by atoms with Crippen molar-refractivity contribution in [3.63, 3.8) is 0 Å². The first kappa shape index (κ1) is 30.0. The Morgan fingerprint density at radius 3 is 1.53 bits per heavy atom. The molecule has 0 saturated carbocycles. The Kier molecular flexibility index (Phi) is 6.96. The number of para-hydroxylation sites is 2. The molecule has 0 atom stereocenters. The number of imide groups is 1. The van der Waals surface area contributed by atoms with Crippen LogP contribution in [0.25, 0.3) is 27.5 Å². The maximum Gasteiger partial charge on any atom is 0.268 e. The number of aromatic nitrogens is 1. The fourth-order valence-electron chi connectivity index (χ4n) is 7.39. The van der Waals surface area contributed by atoms with Gasteiger partial charge < -0.3 is 4.57 Å². The fourth-order valence-corrected chi connectivity index (χ4v) is 7.39. The summed E-state index contributed by atoms with van der Waals surface area (Å²) in [7, 11) is 0. The van der Waals surface area contributed by atoms with Crippen LogP contribution in [0.2, 0.25) is 0 Å². The number of carbonyl (C=O) groups excluding carboxylic acids is 4. The van der Waals surface area contributed by atoms with E-state index in [-0.39, 0.29) is 22.7 Å². The summed E-state index contributed by atoms with van der Waals surface area (Å²) in [5, 5.41) is 1.49. The number of hydrogen-bond donors (Lipinski definition) is 0. The number of benzene rings is 6. The number of ketones is 2. The molecule has 236 valence electrons. The molecule has 6 heteroatoms. The Hall–Kier alpha value is -6.40. The van der Waals surface area contributed by atoms with Gasteiger partial charge in [0, 0.05) is 33.0 Å². The number of rotatable bonds is 6. The van der Waals surface area contributed by atoms with Gasteiger partial charge in [-0.05, 0) is 56.2 Å². The van der Waals surface area contributed by atoms with Crippen molar-refractivity contribution in [1.29, 1.82) is 0 Å². The molecule has 1 aromatic heterocycles. The SMILES string of the molecule is Cc1cc(C)c(N2C(=O)c3cccc(-n4c5c(C(=O)c6ccccc6)cccc5c5cccc(C(=O)c6ccccc6)c54)c3C2=O)c(C)c1. The van der Waals surface area contributed by atoms with E-state index < -0.39 is 11.8 Å². The van der Waals surface area contributed by atoms with Crippen LogP contribution in [-0.2, 0) is 0 Å². The number of carbonyl (C=O) groups is 4. The normalized spacial score (nSPS) is 12.6. The van der Waals surface area contributed by atoms with Crippen molar-refractivity contribution in [3.05, 3.63) is 177 Å². The highest BCUT2D eigenvalue weighted by molar-refractivity contribution is 6.36. The molecule has 0 bridgehead atoms. The number of anilines is 1. The number of nitrogens with zero attached hydrogens (tertiary/aromatic N) is 2. The van der Waals surface area contributed by atoms with Gasteiger partial charge in [-0.1, -0.05) is 109 Å². The van der Waals surface area contributed by atoms with Crippen LogP contribution < -0.4 is 4.90 Å². The van der Waals surface area contributed by atoms with Crippen molar-refractivity contribution in [3.8, 4) is 5.69 Å². The zero-order valence-electron chi connectivity index (χ0n) is 27.2. The quantitative estimate of drug-likeness (QED) is 0.135. The molecule has 2 amide bonds. The summed E-state index contributed by atoms with van der Waals surface area (Å²) in [6.45, 7) is 5.78. The lowest BCUT2D eigenvalue weighted by Crippen LogP contribution is -2.31. The number of hydrogen-bond acceptors (Lipinski definition) is 4. The first-order valence-electron chi connectivity index (χ1n) is 16.1. The van der Waals surface area contributed by atoms with E-state index in [0.717, 1.165) is 27.5 Å². The molecule has 6 aromatic carbocycles. The third-order valence-electron chi connectivity index (χ3n) is 9.36. The minimum Gasteiger partial charge on any atom is -0.307 e. The molecule has 0 fully saturated rings. The Morgan fingerprint density at radius 1 is 0.531 bits per heavy atom. The molecule has 2 heterocycles. The Labute approximate surface area is 282 Å². The summed E-state index contributed by atoms with van der Waals surface area (Å²) in [5.74, 6) is -1.28. The number of aryl methyl sites for hydroxylation is 3. The molecule has 8 rings (SSSR count). The molecule has 0 unspecified atom stereocenters. The molecule has 0 aliphatic carbocycles. The zero-order chi connectivity index (χ0) is 34.0. The Morgan fingerprint density at radius 2 is 1.02 bits per heavy atom. The van der Waals surface area contributed by atoms with Crippen LogP contribution >= 0.6 is 0 Å². The molecule has 0 saturated heterocycles. The maximum atomic E-state index is 14.6. The van der Waals surface area contributed by atoms with Crippen LogP contribution in [0, 0.1) is 20.8 Å². The highest BCUT2D eigenvalue weighted by Crippen LogP contribution is 2.41. The Bertz CT molecular complexity index is 2410. The second kappa shape index (κ2) is 11.4. The van der Waals surface area contributed by atoms with E-state index >= 15 is 0 Å². The standard InChI is InChI=1S/C43H30N2O4/c1-25-23-26(2)37(27(3)24-25)45-42(48)32-19-12-22-35(36(32)43(45)49)44-38-30(17-10-20-33(38)40(46)28-13-6-4-7-14-28)31-18-11-21-34(39(31)44)41(47)29-15-8-5-9-16-29/h4-24H,1-3H3. The second-order valence-corrected chi connectivity index (χ2v) is 12.5. The lowest BCUT2D eigenvalue weighted by molar-refractivity contribution is 0.0923. The topological polar surface area (TPSA) is 76.5 Å². The average molecular weight is 639 g/mol. The molecule has 0 spiro atoms. The molecule has 1 aliphatic heterocycles. The highest BCUT2D eigenvalue weighted by atomic mass is 16.2. The molecule has 1 aliphatic rings. The van der Waals surface area contributed by atoms with E-state index in [1.807, 2.05) is 98.1 Å². The number of amides is 2. The van der Waals surface area contributed by atoms with Crippen LogP contribution in [0.1, 0.15) is 69.2 Å². The highest BCUT2D eigenvalue weighted by Gasteiger charge is 2.41. The van der Waals surface area contributed by atoms with Crippen molar-refractivity contribution in [2.45, 2.75) is 20.8 Å². The van der Waals surface area contributed by atoms with Gasteiger partial charge in [0.25, 0.3) is 11.8 Å². The van der Waals surface area contributed by atoms with Gasteiger partial charge in [0.1, 0.15) is 0 Å². The fraction of sp³-hybridized carbons (Fsp3) is 0.0698. The van der Waals surface area contributed by atoms with E-state index in [0.29, 0.717) is 44.7 Å². The van der Waals surface area contributed by atoms with Gasteiger partial charge in [-0.25, -0.2) is 4.90 Å². The summed E-state index contributed by atoms with van der Waals surface area (Å²) in [5.41, 5.74) is 7.06. The minimum absolute atomic E-state index is 0.200. The van der Waals surface area contributed by atoms with Crippen LogP contribution in [0.4, 0.5) is 5.69 Å². The molecule has 0 N–H and O–H groups in total. The third-order valence-corrected chi connectivity index (χ3v) is 9.36. The summed E-state index contributed by atoms with van der Waals surface area (Å²) < 4.78 is 1.85. The van der Waals surface area contributed by atoms with Crippen LogP contribution in [0.5, 0.6) is 0 Å². The van der Waals surface area contributed by atoms with Crippen molar-refractivity contribution in [1.82, 2.24) is 4.57 Å². The largest absolute Gasteiger partial charge is 0.307 e. The summed E-state index contributed by atoms with van der Waals surface area (Å²) >= 11 is 0. The lowest BCUT2D eigenvalue weighted by atomic mass is 9.99. The zero-order valence-corrected chi connectivity index (χ0v) is 27.2. The molecular formula is C43H30N2O4. The van der Waals surface area contributed by atoms with Gasteiger partial charge in [0.2, 0.25) is 0 Å². The third kappa shape index (κ3) is 4.56. The first-order chi connectivity index (χ1) is 23.8. The molecular weight excluding hydrogens is 608 g/mol.